The molecule has 0 spiro atoms. The number of carbonyl (C=O) groups is 2. The van der Waals surface area contributed by atoms with Gasteiger partial charge in [0.2, 0.25) is 5.91 Å². The first-order valence-corrected chi connectivity index (χ1v) is 7.48. The van der Waals surface area contributed by atoms with E-state index in [0.717, 1.165) is 30.4 Å². The van der Waals surface area contributed by atoms with Crippen LogP contribution in [-0.4, -0.2) is 37.5 Å². The minimum atomic E-state index is -0.247. The summed E-state index contributed by atoms with van der Waals surface area (Å²) in [6.07, 6.45) is 2.05. The average molecular weight is 377 g/mol. The van der Waals surface area contributed by atoms with Crippen LogP contribution in [0.2, 0.25) is 0 Å². The number of nitrogens with one attached hydrogen (secondary N) is 3. The second-order valence-electron chi connectivity index (χ2n) is 4.80. The maximum Gasteiger partial charge on any atom is 0.251 e. The number of benzene rings is 1. The lowest BCUT2D eigenvalue weighted by atomic mass is 10.1. The smallest absolute Gasteiger partial charge is 0.251 e. The highest BCUT2D eigenvalue weighted by Gasteiger charge is 2.15. The number of hydrogen-bond donors (Lipinski definition) is 3. The van der Waals surface area contributed by atoms with Crippen LogP contribution in [0.3, 0.4) is 0 Å². The van der Waals surface area contributed by atoms with Crippen LogP contribution in [0.4, 0.5) is 0 Å². The highest BCUT2D eigenvalue weighted by Crippen LogP contribution is 2.11. The lowest BCUT2D eigenvalue weighted by Crippen LogP contribution is -2.48. The molecule has 3 N–H and O–H groups in total. The van der Waals surface area contributed by atoms with Crippen LogP contribution in [0.5, 0.6) is 0 Å². The zero-order valence-corrected chi connectivity index (χ0v) is 13.9. The zero-order valence-electron chi connectivity index (χ0n) is 11.5. The summed E-state index contributed by atoms with van der Waals surface area (Å²) in [5.74, 6) is -0.398. The fourth-order valence-corrected chi connectivity index (χ4v) is 2.55. The van der Waals surface area contributed by atoms with Crippen molar-refractivity contribution in [2.45, 2.75) is 18.9 Å². The van der Waals surface area contributed by atoms with Crippen molar-refractivity contribution in [1.82, 2.24) is 16.0 Å². The first kappa shape index (κ1) is 17.9. The summed E-state index contributed by atoms with van der Waals surface area (Å²) in [6.45, 7) is 1.80. The summed E-state index contributed by atoms with van der Waals surface area (Å²) < 4.78 is 0.836. The van der Waals surface area contributed by atoms with Crippen molar-refractivity contribution in [3.63, 3.8) is 0 Å². The van der Waals surface area contributed by atoms with E-state index in [0.29, 0.717) is 5.56 Å². The van der Waals surface area contributed by atoms with Gasteiger partial charge in [0.15, 0.2) is 0 Å². The largest absolute Gasteiger partial charge is 0.351 e. The molecule has 116 valence electrons. The third kappa shape index (κ3) is 6.03. The Morgan fingerprint density at radius 1 is 1.38 bits per heavy atom. The minimum absolute atomic E-state index is 0. The van der Waals surface area contributed by atoms with Gasteiger partial charge in [0.25, 0.3) is 5.91 Å². The molecule has 2 rings (SSSR count). The Morgan fingerprint density at radius 2 is 2.19 bits per heavy atom. The molecule has 7 heteroatoms. The second kappa shape index (κ2) is 9.02. The molecule has 1 fully saturated rings. The van der Waals surface area contributed by atoms with E-state index in [9.17, 15) is 9.59 Å². The molecule has 21 heavy (non-hydrogen) atoms. The predicted octanol–water partition coefficient (Wildman–Crippen LogP) is 1.47. The normalized spacial score (nSPS) is 17.5. The van der Waals surface area contributed by atoms with E-state index in [1.807, 2.05) is 6.07 Å². The van der Waals surface area contributed by atoms with Gasteiger partial charge in [0.1, 0.15) is 0 Å². The molecule has 0 aromatic heterocycles. The third-order valence-corrected chi connectivity index (χ3v) is 3.65. The quantitative estimate of drug-likeness (QED) is 0.745. The summed E-state index contributed by atoms with van der Waals surface area (Å²) in [6, 6.07) is 7.23. The van der Waals surface area contributed by atoms with E-state index in [2.05, 4.69) is 31.9 Å². The Labute approximate surface area is 138 Å². The summed E-state index contributed by atoms with van der Waals surface area (Å²) >= 11 is 3.31. The molecule has 0 bridgehead atoms. The van der Waals surface area contributed by atoms with Crippen molar-refractivity contribution < 1.29 is 9.59 Å². The van der Waals surface area contributed by atoms with E-state index >= 15 is 0 Å². The van der Waals surface area contributed by atoms with Crippen LogP contribution in [0, 0.1) is 0 Å². The molecule has 1 heterocycles. The first-order chi connectivity index (χ1) is 9.65. The van der Waals surface area contributed by atoms with E-state index in [1.54, 1.807) is 18.2 Å². The van der Waals surface area contributed by atoms with Gasteiger partial charge >= 0.3 is 0 Å². The van der Waals surface area contributed by atoms with Crippen LogP contribution in [0.1, 0.15) is 23.2 Å². The van der Waals surface area contributed by atoms with Gasteiger partial charge in [0.05, 0.1) is 6.54 Å². The van der Waals surface area contributed by atoms with Gasteiger partial charge in [-0.05, 0) is 37.6 Å². The Bertz CT molecular complexity index is 493. The van der Waals surface area contributed by atoms with Crippen molar-refractivity contribution in [2.75, 3.05) is 19.6 Å². The number of hydrogen-bond acceptors (Lipinski definition) is 3. The van der Waals surface area contributed by atoms with Gasteiger partial charge in [-0.25, -0.2) is 0 Å². The van der Waals surface area contributed by atoms with E-state index in [-0.39, 0.29) is 36.8 Å². The number of amides is 2. The molecule has 5 nitrogen and oxygen atoms in total. The maximum absolute atomic E-state index is 11.9. The van der Waals surface area contributed by atoms with Crippen molar-refractivity contribution in [3.05, 3.63) is 34.3 Å². The molecule has 1 saturated heterocycles. The standard InChI is InChI=1S/C14H18BrN3O2.ClH/c15-11-4-1-3-10(7-11)14(20)17-9-13(19)18-12-5-2-6-16-8-12;/h1,3-4,7,12,16H,2,5-6,8-9H2,(H,17,20)(H,18,19);1H/t12-;/m0./s1. The average Bonchev–Trinajstić information content (AvgIpc) is 2.46. The van der Waals surface area contributed by atoms with Crippen LogP contribution >= 0.6 is 28.3 Å². The summed E-state index contributed by atoms with van der Waals surface area (Å²) in [5.41, 5.74) is 0.534. The molecule has 2 amide bonds. The minimum Gasteiger partial charge on any atom is -0.351 e. The van der Waals surface area contributed by atoms with Crippen LogP contribution < -0.4 is 16.0 Å². The van der Waals surface area contributed by atoms with Crippen molar-refractivity contribution in [1.29, 1.82) is 0 Å². The molecule has 0 aliphatic carbocycles. The molecule has 0 radical (unpaired) electrons. The van der Waals surface area contributed by atoms with E-state index < -0.39 is 0 Å². The Kier molecular flexibility index (Phi) is 7.71. The fourth-order valence-electron chi connectivity index (χ4n) is 2.15. The van der Waals surface area contributed by atoms with Gasteiger partial charge < -0.3 is 16.0 Å². The molecular formula is C14H19BrClN3O2. The molecular weight excluding hydrogens is 358 g/mol. The SMILES string of the molecule is Cl.O=C(CNC(=O)c1cccc(Br)c1)N[C@H]1CCCNC1. The number of rotatable bonds is 4. The third-order valence-electron chi connectivity index (χ3n) is 3.16. The molecule has 0 unspecified atom stereocenters. The monoisotopic (exact) mass is 375 g/mol. The molecule has 1 aromatic rings. The van der Waals surface area contributed by atoms with Gasteiger partial charge in [0, 0.05) is 22.6 Å². The van der Waals surface area contributed by atoms with Crippen LogP contribution in [-0.2, 0) is 4.79 Å². The number of carbonyl (C=O) groups excluding carboxylic acids is 2. The molecule has 1 atom stereocenters. The van der Waals surface area contributed by atoms with Crippen molar-refractivity contribution in [2.24, 2.45) is 0 Å². The number of halogens is 2. The van der Waals surface area contributed by atoms with Gasteiger partial charge in [-0.3, -0.25) is 9.59 Å². The van der Waals surface area contributed by atoms with E-state index in [1.165, 1.54) is 0 Å². The van der Waals surface area contributed by atoms with E-state index in [4.69, 9.17) is 0 Å². The lowest BCUT2D eigenvalue weighted by molar-refractivity contribution is -0.120. The number of piperidine rings is 1. The lowest BCUT2D eigenvalue weighted by Gasteiger charge is -2.23. The highest BCUT2D eigenvalue weighted by atomic mass is 79.9. The van der Waals surface area contributed by atoms with Crippen LogP contribution in [0.15, 0.2) is 28.7 Å². The second-order valence-corrected chi connectivity index (χ2v) is 5.72. The fraction of sp³-hybridized carbons (Fsp3) is 0.429. The molecule has 0 saturated carbocycles. The van der Waals surface area contributed by atoms with Gasteiger partial charge in [-0.1, -0.05) is 22.0 Å². The maximum atomic E-state index is 11.9. The molecule has 1 aliphatic heterocycles. The van der Waals surface area contributed by atoms with Gasteiger partial charge in [-0.2, -0.15) is 0 Å². The summed E-state index contributed by atoms with van der Waals surface area (Å²) in [5, 5.41) is 8.76. The Balaban J connectivity index is 0.00000220. The van der Waals surface area contributed by atoms with Gasteiger partial charge in [-0.15, -0.1) is 12.4 Å². The predicted molar refractivity (Wildman–Crippen MR) is 87.8 cm³/mol. The van der Waals surface area contributed by atoms with Crippen molar-refractivity contribution in [3.8, 4) is 0 Å². The van der Waals surface area contributed by atoms with Crippen molar-refractivity contribution >= 4 is 40.2 Å². The molecule has 1 aliphatic rings. The van der Waals surface area contributed by atoms with Crippen LogP contribution in [0.25, 0.3) is 0 Å². The molecule has 1 aromatic carbocycles. The topological polar surface area (TPSA) is 70.2 Å². The summed E-state index contributed by atoms with van der Waals surface area (Å²) in [7, 11) is 0. The Hall–Kier alpha value is -1.11. The zero-order chi connectivity index (χ0) is 14.4. The first-order valence-electron chi connectivity index (χ1n) is 6.69. The Morgan fingerprint density at radius 3 is 2.86 bits per heavy atom. The highest BCUT2D eigenvalue weighted by molar-refractivity contribution is 9.10. The summed E-state index contributed by atoms with van der Waals surface area (Å²) in [4.78, 5) is 23.6.